The van der Waals surface area contributed by atoms with Crippen molar-refractivity contribution in [1.82, 2.24) is 0 Å². The highest BCUT2D eigenvalue weighted by Gasteiger charge is 2.21. The smallest absolute Gasteiger partial charge is 0.0741 e. The molecule has 2 rings (SSSR count). The van der Waals surface area contributed by atoms with Gasteiger partial charge in [0.05, 0.1) is 35.7 Å². The first-order chi connectivity index (χ1) is 8.72. The highest BCUT2D eigenvalue weighted by molar-refractivity contribution is 6.33. The van der Waals surface area contributed by atoms with Crippen molar-refractivity contribution in [2.24, 2.45) is 0 Å². The third-order valence-electron chi connectivity index (χ3n) is 3.26. The molecule has 0 radical (unpaired) electrons. The summed E-state index contributed by atoms with van der Waals surface area (Å²) in [5.74, 6) is 0. The Balaban J connectivity index is 1.95. The van der Waals surface area contributed by atoms with Crippen molar-refractivity contribution in [2.75, 3.05) is 36.9 Å². The van der Waals surface area contributed by atoms with Gasteiger partial charge in [0.25, 0.3) is 0 Å². The largest absolute Gasteiger partial charge is 0.396 e. The van der Waals surface area contributed by atoms with E-state index in [9.17, 15) is 0 Å². The molecule has 100 valence electrons. The van der Waals surface area contributed by atoms with E-state index in [2.05, 4.69) is 4.90 Å². The van der Waals surface area contributed by atoms with Gasteiger partial charge in [-0.3, -0.25) is 0 Å². The number of ether oxygens (including phenoxy) is 1. The van der Waals surface area contributed by atoms with Crippen molar-refractivity contribution in [3.8, 4) is 0 Å². The Morgan fingerprint density at radius 3 is 2.78 bits per heavy atom. The molecular formula is C13H19ClN2O2. The average molecular weight is 271 g/mol. The molecule has 0 amide bonds. The predicted octanol–water partition coefficient (Wildman–Crippen LogP) is 1.90. The second-order valence-corrected chi connectivity index (χ2v) is 4.86. The van der Waals surface area contributed by atoms with Gasteiger partial charge in [0.15, 0.2) is 0 Å². The van der Waals surface area contributed by atoms with Gasteiger partial charge in [-0.25, -0.2) is 0 Å². The van der Waals surface area contributed by atoms with Gasteiger partial charge in [-0.15, -0.1) is 0 Å². The molecule has 4 nitrogen and oxygen atoms in total. The van der Waals surface area contributed by atoms with Crippen LogP contribution in [0.3, 0.4) is 0 Å². The molecule has 0 aromatic heterocycles. The highest BCUT2D eigenvalue weighted by atomic mass is 35.5. The van der Waals surface area contributed by atoms with Crippen LogP contribution in [0.25, 0.3) is 0 Å². The summed E-state index contributed by atoms with van der Waals surface area (Å²) in [6, 6.07) is 5.72. The molecular weight excluding hydrogens is 252 g/mol. The molecule has 0 bridgehead atoms. The van der Waals surface area contributed by atoms with Gasteiger partial charge >= 0.3 is 0 Å². The molecule has 0 aliphatic carbocycles. The lowest BCUT2D eigenvalue weighted by Gasteiger charge is -2.34. The van der Waals surface area contributed by atoms with Gasteiger partial charge in [-0.05, 0) is 25.0 Å². The number of rotatable bonds is 4. The van der Waals surface area contributed by atoms with E-state index in [1.165, 1.54) is 0 Å². The third-order valence-corrected chi connectivity index (χ3v) is 3.59. The summed E-state index contributed by atoms with van der Waals surface area (Å²) in [6.45, 7) is 2.31. The number of nitrogen functional groups attached to an aromatic ring is 1. The van der Waals surface area contributed by atoms with Crippen LogP contribution in [0.15, 0.2) is 18.2 Å². The average Bonchev–Trinajstić information content (AvgIpc) is 2.40. The van der Waals surface area contributed by atoms with Gasteiger partial charge in [-0.1, -0.05) is 17.7 Å². The zero-order chi connectivity index (χ0) is 13.0. The van der Waals surface area contributed by atoms with Crippen molar-refractivity contribution in [2.45, 2.75) is 18.9 Å². The van der Waals surface area contributed by atoms with Gasteiger partial charge in [-0.2, -0.15) is 0 Å². The van der Waals surface area contributed by atoms with E-state index < -0.39 is 0 Å². The molecule has 3 N–H and O–H groups in total. The molecule has 1 aliphatic rings. The molecule has 1 aromatic carbocycles. The lowest BCUT2D eigenvalue weighted by atomic mass is 10.1. The number of para-hydroxylation sites is 1. The van der Waals surface area contributed by atoms with E-state index in [-0.39, 0.29) is 12.7 Å². The van der Waals surface area contributed by atoms with Crippen molar-refractivity contribution in [3.05, 3.63) is 23.2 Å². The van der Waals surface area contributed by atoms with E-state index >= 15 is 0 Å². The fourth-order valence-electron chi connectivity index (χ4n) is 2.28. The fraction of sp³-hybridized carbons (Fsp3) is 0.538. The quantitative estimate of drug-likeness (QED) is 0.821. The maximum absolute atomic E-state index is 8.73. The summed E-state index contributed by atoms with van der Waals surface area (Å²) in [4.78, 5) is 2.24. The normalized spacial score (nSPS) is 17.1. The number of anilines is 2. The van der Waals surface area contributed by atoms with Crippen LogP contribution in [0.5, 0.6) is 0 Å². The first kappa shape index (κ1) is 13.5. The maximum atomic E-state index is 8.73. The summed E-state index contributed by atoms with van der Waals surface area (Å²) in [5.41, 5.74) is 7.64. The Labute approximate surface area is 112 Å². The van der Waals surface area contributed by atoms with Crippen LogP contribution < -0.4 is 10.6 Å². The number of aliphatic hydroxyl groups is 1. The summed E-state index contributed by atoms with van der Waals surface area (Å²) >= 11 is 6.03. The van der Waals surface area contributed by atoms with Crippen LogP contribution in [-0.4, -0.2) is 37.5 Å². The van der Waals surface area contributed by atoms with Crippen molar-refractivity contribution >= 4 is 23.0 Å². The molecule has 1 heterocycles. The third kappa shape index (κ3) is 3.07. The zero-order valence-electron chi connectivity index (χ0n) is 10.3. The SMILES string of the molecule is Nc1c(Cl)cccc1N1CCC(OCCO)CC1. The summed E-state index contributed by atoms with van der Waals surface area (Å²) in [6.07, 6.45) is 2.14. The molecule has 1 aliphatic heterocycles. The minimum Gasteiger partial charge on any atom is -0.396 e. The fourth-order valence-corrected chi connectivity index (χ4v) is 2.45. The van der Waals surface area contributed by atoms with Crippen molar-refractivity contribution in [1.29, 1.82) is 0 Å². The Bertz CT molecular complexity index is 393. The maximum Gasteiger partial charge on any atom is 0.0741 e. The summed E-state index contributed by atoms with van der Waals surface area (Å²) in [5, 5.41) is 9.33. The number of aliphatic hydroxyl groups excluding tert-OH is 1. The number of nitrogens with two attached hydrogens (primary N) is 1. The molecule has 0 atom stereocenters. The Morgan fingerprint density at radius 1 is 1.39 bits per heavy atom. The van der Waals surface area contributed by atoms with Gasteiger partial charge in [0, 0.05) is 13.1 Å². The number of piperidine rings is 1. The molecule has 5 heteroatoms. The summed E-state index contributed by atoms with van der Waals surface area (Å²) in [7, 11) is 0. The Morgan fingerprint density at radius 2 is 2.11 bits per heavy atom. The Hall–Kier alpha value is -0.970. The standard InChI is InChI=1S/C13H19ClN2O2/c14-11-2-1-3-12(13(11)15)16-6-4-10(5-7-16)18-9-8-17/h1-3,10,17H,4-9,15H2. The van der Waals surface area contributed by atoms with Gasteiger partial charge in [0.2, 0.25) is 0 Å². The molecule has 0 spiro atoms. The molecule has 1 saturated heterocycles. The van der Waals surface area contributed by atoms with Crippen molar-refractivity contribution in [3.63, 3.8) is 0 Å². The van der Waals surface area contributed by atoms with Gasteiger partial charge < -0.3 is 20.5 Å². The molecule has 1 fully saturated rings. The van der Waals surface area contributed by atoms with Crippen LogP contribution in [-0.2, 0) is 4.74 Å². The van der Waals surface area contributed by atoms with E-state index in [1.54, 1.807) is 6.07 Å². The monoisotopic (exact) mass is 270 g/mol. The number of benzene rings is 1. The highest BCUT2D eigenvalue weighted by Crippen LogP contribution is 2.32. The predicted molar refractivity (Wildman–Crippen MR) is 74.1 cm³/mol. The Kier molecular flexibility index (Phi) is 4.69. The zero-order valence-corrected chi connectivity index (χ0v) is 11.1. The van der Waals surface area contributed by atoms with E-state index in [0.717, 1.165) is 31.6 Å². The lowest BCUT2D eigenvalue weighted by Crippen LogP contribution is -2.37. The van der Waals surface area contributed by atoms with E-state index in [4.69, 9.17) is 27.2 Å². The number of nitrogens with zero attached hydrogens (tertiary/aromatic N) is 1. The first-order valence-electron chi connectivity index (χ1n) is 6.23. The second kappa shape index (κ2) is 6.27. The van der Waals surface area contributed by atoms with Crippen LogP contribution in [0, 0.1) is 0 Å². The van der Waals surface area contributed by atoms with Crippen LogP contribution in [0.1, 0.15) is 12.8 Å². The minimum absolute atomic E-state index is 0.0848. The van der Waals surface area contributed by atoms with E-state index in [1.807, 2.05) is 12.1 Å². The van der Waals surface area contributed by atoms with Crippen LogP contribution in [0.2, 0.25) is 5.02 Å². The van der Waals surface area contributed by atoms with Crippen molar-refractivity contribution < 1.29 is 9.84 Å². The summed E-state index contributed by atoms with van der Waals surface area (Å²) < 4.78 is 5.54. The second-order valence-electron chi connectivity index (χ2n) is 4.45. The molecule has 0 unspecified atom stereocenters. The molecule has 0 saturated carbocycles. The lowest BCUT2D eigenvalue weighted by molar-refractivity contribution is 0.0159. The van der Waals surface area contributed by atoms with Crippen LogP contribution >= 0.6 is 11.6 Å². The van der Waals surface area contributed by atoms with Crippen LogP contribution in [0.4, 0.5) is 11.4 Å². The number of hydrogen-bond acceptors (Lipinski definition) is 4. The number of halogens is 1. The topological polar surface area (TPSA) is 58.7 Å². The molecule has 18 heavy (non-hydrogen) atoms. The van der Waals surface area contributed by atoms with Gasteiger partial charge in [0.1, 0.15) is 0 Å². The first-order valence-corrected chi connectivity index (χ1v) is 6.61. The molecule has 1 aromatic rings. The number of hydrogen-bond donors (Lipinski definition) is 2. The van der Waals surface area contributed by atoms with E-state index in [0.29, 0.717) is 17.3 Å². The minimum atomic E-state index is 0.0848.